The van der Waals surface area contributed by atoms with Crippen LogP contribution in [0.4, 0.5) is 0 Å². The average Bonchev–Trinajstić information content (AvgIpc) is 3.09. The summed E-state index contributed by atoms with van der Waals surface area (Å²) in [5, 5.41) is 3.54. The summed E-state index contributed by atoms with van der Waals surface area (Å²) >= 11 is 7.50. The highest BCUT2D eigenvalue weighted by molar-refractivity contribution is 7.23. The molecule has 132 valence electrons. The Morgan fingerprint density at radius 3 is 2.40 bits per heavy atom. The van der Waals surface area contributed by atoms with Gasteiger partial charge in [-0.15, -0.1) is 11.3 Å². The van der Waals surface area contributed by atoms with Crippen molar-refractivity contribution in [3.05, 3.63) is 51.9 Å². The minimum Gasteiger partial charge on any atom is -0.399 e. The molecule has 0 bridgehead atoms. The van der Waals surface area contributed by atoms with E-state index in [0.29, 0.717) is 16.4 Å². The van der Waals surface area contributed by atoms with E-state index in [0.717, 1.165) is 10.3 Å². The van der Waals surface area contributed by atoms with Crippen molar-refractivity contribution in [1.29, 1.82) is 0 Å². The van der Waals surface area contributed by atoms with E-state index in [9.17, 15) is 4.79 Å². The van der Waals surface area contributed by atoms with Crippen LogP contribution in [-0.4, -0.2) is 24.2 Å². The van der Waals surface area contributed by atoms with E-state index >= 15 is 0 Å². The lowest BCUT2D eigenvalue weighted by molar-refractivity contribution is 0.00578. The third kappa shape index (κ3) is 3.77. The summed E-state index contributed by atoms with van der Waals surface area (Å²) in [4.78, 5) is 13.0. The van der Waals surface area contributed by atoms with Crippen LogP contribution in [0.15, 0.2) is 36.4 Å². The SMILES string of the molecule is CC1(C)OB(c2ccc(C(=O)NCc3ccccc3Cl)s2)OC1(C)C. The van der Waals surface area contributed by atoms with Gasteiger partial charge in [0.1, 0.15) is 0 Å². The normalized spacial score (nSPS) is 18.4. The van der Waals surface area contributed by atoms with Crippen molar-refractivity contribution in [3.63, 3.8) is 0 Å². The molecule has 0 spiro atoms. The van der Waals surface area contributed by atoms with E-state index in [2.05, 4.69) is 5.32 Å². The predicted molar refractivity (Wildman–Crippen MR) is 103 cm³/mol. The van der Waals surface area contributed by atoms with E-state index in [4.69, 9.17) is 20.9 Å². The molecule has 4 nitrogen and oxygen atoms in total. The molecule has 1 saturated heterocycles. The molecule has 0 saturated carbocycles. The maximum atomic E-state index is 12.4. The van der Waals surface area contributed by atoms with Crippen LogP contribution >= 0.6 is 22.9 Å². The third-order valence-corrected chi connectivity index (χ3v) is 6.21. The van der Waals surface area contributed by atoms with Gasteiger partial charge in [-0.3, -0.25) is 4.79 Å². The van der Waals surface area contributed by atoms with Gasteiger partial charge >= 0.3 is 7.12 Å². The van der Waals surface area contributed by atoms with Crippen molar-refractivity contribution in [2.45, 2.75) is 45.4 Å². The summed E-state index contributed by atoms with van der Waals surface area (Å²) in [6.07, 6.45) is 0. The van der Waals surface area contributed by atoms with Crippen LogP contribution in [-0.2, 0) is 15.9 Å². The van der Waals surface area contributed by atoms with Crippen molar-refractivity contribution in [2.75, 3.05) is 0 Å². The molecule has 1 aliphatic heterocycles. The van der Waals surface area contributed by atoms with Crippen molar-refractivity contribution < 1.29 is 14.1 Å². The lowest BCUT2D eigenvalue weighted by atomic mass is 9.88. The van der Waals surface area contributed by atoms with Crippen molar-refractivity contribution in [1.82, 2.24) is 5.32 Å². The van der Waals surface area contributed by atoms with Crippen LogP contribution in [0.25, 0.3) is 0 Å². The maximum absolute atomic E-state index is 12.4. The first-order valence-electron chi connectivity index (χ1n) is 8.16. The Balaban J connectivity index is 1.66. The second-order valence-electron chi connectivity index (χ2n) is 7.06. The summed E-state index contributed by atoms with van der Waals surface area (Å²) in [5.41, 5.74) is 0.0997. The fourth-order valence-electron chi connectivity index (χ4n) is 2.47. The first-order valence-corrected chi connectivity index (χ1v) is 9.36. The molecule has 1 amide bonds. The van der Waals surface area contributed by atoms with Crippen LogP contribution < -0.4 is 10.1 Å². The number of carbonyl (C=O) groups excluding carboxylic acids is 1. The van der Waals surface area contributed by atoms with Gasteiger partial charge in [0.2, 0.25) is 0 Å². The molecule has 2 heterocycles. The van der Waals surface area contributed by atoms with Crippen LogP contribution in [0, 0.1) is 0 Å². The van der Waals surface area contributed by atoms with Crippen molar-refractivity contribution in [2.24, 2.45) is 0 Å². The molecule has 2 aromatic rings. The van der Waals surface area contributed by atoms with E-state index in [-0.39, 0.29) is 5.91 Å². The molecule has 3 rings (SSSR count). The summed E-state index contributed by atoms with van der Waals surface area (Å²) in [5.74, 6) is -0.132. The molecule has 1 aromatic heterocycles. The fourth-order valence-corrected chi connectivity index (χ4v) is 3.55. The summed E-state index contributed by atoms with van der Waals surface area (Å²) in [6, 6.07) is 11.2. The largest absolute Gasteiger partial charge is 0.505 e. The summed E-state index contributed by atoms with van der Waals surface area (Å²) in [6.45, 7) is 8.44. The van der Waals surface area contributed by atoms with Crippen molar-refractivity contribution >= 4 is 40.7 Å². The molecular weight excluding hydrogens is 357 g/mol. The summed E-state index contributed by atoms with van der Waals surface area (Å²) < 4.78 is 12.9. The number of hydrogen-bond acceptors (Lipinski definition) is 4. The standard InChI is InChI=1S/C18H21BClNO3S/c1-17(2)18(3,4)24-19(23-17)15-10-9-14(25-15)16(22)21-11-12-7-5-6-8-13(12)20/h5-10H,11H2,1-4H3,(H,21,22). The van der Waals surface area contributed by atoms with E-state index in [1.807, 2.05) is 58.0 Å². The van der Waals surface area contributed by atoms with Crippen LogP contribution in [0.2, 0.25) is 5.02 Å². The van der Waals surface area contributed by atoms with E-state index in [1.54, 1.807) is 6.07 Å². The molecule has 1 aromatic carbocycles. The van der Waals surface area contributed by atoms with Gasteiger partial charge < -0.3 is 14.6 Å². The monoisotopic (exact) mass is 377 g/mol. The van der Waals surface area contributed by atoms with Crippen LogP contribution in [0.1, 0.15) is 42.9 Å². The van der Waals surface area contributed by atoms with Gasteiger partial charge in [-0.2, -0.15) is 0 Å². The maximum Gasteiger partial charge on any atom is 0.505 e. The van der Waals surface area contributed by atoms with Crippen molar-refractivity contribution in [3.8, 4) is 0 Å². The fraction of sp³-hybridized carbons (Fsp3) is 0.389. The number of nitrogens with one attached hydrogen (secondary N) is 1. The highest BCUT2D eigenvalue weighted by Gasteiger charge is 2.52. The quantitative estimate of drug-likeness (QED) is 0.828. The van der Waals surface area contributed by atoms with Gasteiger partial charge in [-0.25, -0.2) is 0 Å². The van der Waals surface area contributed by atoms with Gasteiger partial charge in [0.05, 0.1) is 16.1 Å². The second-order valence-corrected chi connectivity index (χ2v) is 8.59. The lowest BCUT2D eigenvalue weighted by Gasteiger charge is -2.32. The number of thiophene rings is 1. The molecule has 0 radical (unpaired) electrons. The molecule has 0 atom stereocenters. The van der Waals surface area contributed by atoms with Gasteiger partial charge in [-0.05, 0) is 45.4 Å². The number of carbonyl (C=O) groups is 1. The van der Waals surface area contributed by atoms with Gasteiger partial charge in [0.25, 0.3) is 5.91 Å². The Morgan fingerprint density at radius 2 is 1.76 bits per heavy atom. The molecule has 1 N–H and O–H groups in total. The number of halogens is 1. The predicted octanol–water partition coefficient (Wildman–Crippen LogP) is 3.63. The van der Waals surface area contributed by atoms with Crippen LogP contribution in [0.5, 0.6) is 0 Å². The first-order chi connectivity index (χ1) is 11.7. The zero-order valence-electron chi connectivity index (χ0n) is 14.8. The Bertz CT molecular complexity index is 774. The number of hydrogen-bond donors (Lipinski definition) is 1. The zero-order chi connectivity index (χ0) is 18.2. The second kappa shape index (κ2) is 6.76. The minimum atomic E-state index is -0.444. The molecule has 0 aliphatic carbocycles. The molecule has 7 heteroatoms. The molecular formula is C18H21BClNO3S. The third-order valence-electron chi connectivity index (χ3n) is 4.73. The highest BCUT2D eigenvalue weighted by atomic mass is 35.5. The average molecular weight is 378 g/mol. The van der Waals surface area contributed by atoms with E-state index in [1.165, 1.54) is 11.3 Å². The molecule has 1 aliphatic rings. The lowest BCUT2D eigenvalue weighted by Crippen LogP contribution is -2.41. The molecule has 25 heavy (non-hydrogen) atoms. The van der Waals surface area contributed by atoms with Gasteiger partial charge in [0, 0.05) is 16.3 Å². The molecule has 1 fully saturated rings. The smallest absolute Gasteiger partial charge is 0.399 e. The molecule has 0 unspecified atom stereocenters. The van der Waals surface area contributed by atoms with Gasteiger partial charge in [-0.1, -0.05) is 35.9 Å². The minimum absolute atomic E-state index is 0.132. The number of rotatable bonds is 4. The Kier molecular flexibility index (Phi) is 4.99. The van der Waals surface area contributed by atoms with Crippen LogP contribution in [0.3, 0.4) is 0 Å². The Morgan fingerprint density at radius 1 is 1.12 bits per heavy atom. The zero-order valence-corrected chi connectivity index (χ0v) is 16.3. The Labute approximate surface area is 157 Å². The van der Waals surface area contributed by atoms with E-state index < -0.39 is 18.3 Å². The Hall–Kier alpha value is -1.34. The topological polar surface area (TPSA) is 47.6 Å². The summed E-state index contributed by atoms with van der Waals surface area (Å²) in [7, 11) is -0.444. The number of amides is 1. The highest BCUT2D eigenvalue weighted by Crippen LogP contribution is 2.37. The number of benzene rings is 1. The van der Waals surface area contributed by atoms with Gasteiger partial charge in [0.15, 0.2) is 0 Å². The first kappa shape index (κ1) is 18.5.